The molecule has 1 amide bonds. The van der Waals surface area contributed by atoms with Gasteiger partial charge in [-0.1, -0.05) is 50.2 Å². The number of hydrogen-bond acceptors (Lipinski definition) is 9. The van der Waals surface area contributed by atoms with Crippen LogP contribution in [0.1, 0.15) is 38.7 Å². The molecule has 2 aliphatic rings. The van der Waals surface area contributed by atoms with Crippen LogP contribution in [-0.2, 0) is 30.7 Å². The van der Waals surface area contributed by atoms with E-state index in [0.717, 1.165) is 18.4 Å². The summed E-state index contributed by atoms with van der Waals surface area (Å²) in [5.74, 6) is -0.0343. The normalized spacial score (nSPS) is 21.8. The smallest absolute Gasteiger partial charge is 0.407 e. The highest BCUT2D eigenvalue weighted by atomic mass is 32.2. The van der Waals surface area contributed by atoms with Crippen molar-refractivity contribution in [1.29, 1.82) is 0 Å². The Hall–Kier alpha value is -2.74. The minimum Gasteiger partial charge on any atom is -0.443 e. The summed E-state index contributed by atoms with van der Waals surface area (Å²) in [7, 11) is -2.30. The highest BCUT2D eigenvalue weighted by Gasteiger charge is 2.44. The van der Waals surface area contributed by atoms with E-state index in [1.165, 1.54) is 4.31 Å². The summed E-state index contributed by atoms with van der Waals surface area (Å²) in [6.07, 6.45) is -0.320. The fraction of sp³-hybridized carbons (Fsp3) is 0.581. The van der Waals surface area contributed by atoms with Gasteiger partial charge in [0.15, 0.2) is 6.29 Å². The van der Waals surface area contributed by atoms with Crippen molar-refractivity contribution in [3.8, 4) is 0 Å². The lowest BCUT2D eigenvalue weighted by atomic mass is 9.87. The molecular formula is C31H46N4O7S. The van der Waals surface area contributed by atoms with Crippen LogP contribution in [0.5, 0.6) is 0 Å². The number of nitrogens with zero attached hydrogens (tertiary/aromatic N) is 1. The Morgan fingerprint density at radius 3 is 2.67 bits per heavy atom. The van der Waals surface area contributed by atoms with Gasteiger partial charge >= 0.3 is 6.09 Å². The Bertz CT molecular complexity index is 1290. The number of carbonyl (C=O) groups excluding carboxylic acids is 1. The Kier molecular flexibility index (Phi) is 11.4. The van der Waals surface area contributed by atoms with Crippen molar-refractivity contribution in [1.82, 2.24) is 9.62 Å². The van der Waals surface area contributed by atoms with Gasteiger partial charge in [0.25, 0.3) is 0 Å². The Labute approximate surface area is 255 Å². The average molecular weight is 619 g/mol. The van der Waals surface area contributed by atoms with E-state index in [1.807, 2.05) is 44.2 Å². The van der Waals surface area contributed by atoms with Crippen molar-refractivity contribution < 1.29 is 32.5 Å². The van der Waals surface area contributed by atoms with Crippen LogP contribution in [-0.4, -0.2) is 88.4 Å². The number of sulfonamides is 1. The summed E-state index contributed by atoms with van der Waals surface area (Å²) in [6.45, 7) is 5.18. The van der Waals surface area contributed by atoms with Gasteiger partial charge in [-0.2, -0.15) is 4.31 Å². The van der Waals surface area contributed by atoms with Crippen molar-refractivity contribution >= 4 is 21.8 Å². The maximum Gasteiger partial charge on any atom is 0.407 e. The van der Waals surface area contributed by atoms with Crippen LogP contribution in [0.3, 0.4) is 0 Å². The van der Waals surface area contributed by atoms with Crippen LogP contribution >= 0.6 is 0 Å². The molecule has 4 rings (SSSR count). The van der Waals surface area contributed by atoms with Gasteiger partial charge in [0.05, 0.1) is 36.2 Å². The van der Waals surface area contributed by atoms with Crippen LogP contribution in [0.25, 0.3) is 0 Å². The number of fused-ring (bicyclic) bond motifs is 1. The zero-order valence-electron chi connectivity index (χ0n) is 25.3. The number of alkyl carbamates (subject to hydrolysis) is 1. The maximum atomic E-state index is 14.1. The summed E-state index contributed by atoms with van der Waals surface area (Å²) < 4.78 is 46.3. The molecule has 2 aliphatic heterocycles. The predicted octanol–water partition coefficient (Wildman–Crippen LogP) is 2.94. The molecule has 11 nitrogen and oxygen atoms in total. The SMILES string of the molecule is CNc1cccc(S(=O)(=O)N(CC(O)[C@H](Cc2ccccc2)NC(=O)OC2COC3OCCC23)CC(C)(C)CCCN)c1. The first-order valence-corrected chi connectivity index (χ1v) is 16.4. The number of amides is 1. The topological polar surface area (TPSA) is 152 Å². The fourth-order valence-corrected chi connectivity index (χ4v) is 7.40. The van der Waals surface area contributed by atoms with Gasteiger partial charge in [0, 0.05) is 25.8 Å². The highest BCUT2D eigenvalue weighted by Crippen LogP contribution is 2.33. The Morgan fingerprint density at radius 2 is 1.95 bits per heavy atom. The van der Waals surface area contributed by atoms with E-state index in [2.05, 4.69) is 10.6 Å². The van der Waals surface area contributed by atoms with Gasteiger partial charge in [0.1, 0.15) is 6.10 Å². The molecule has 0 bridgehead atoms. The second-order valence-electron chi connectivity index (χ2n) is 12.1. The van der Waals surface area contributed by atoms with E-state index in [4.69, 9.17) is 19.9 Å². The van der Waals surface area contributed by atoms with Crippen molar-refractivity contribution in [2.75, 3.05) is 45.2 Å². The quantitative estimate of drug-likeness (QED) is 0.236. The molecule has 2 aromatic carbocycles. The minimum atomic E-state index is -4.02. The standard InChI is InChI=1S/C31H46N4O7S/c1-31(2,14-8-15-32)21-35(43(38,39)24-12-7-11-23(18-24)33-3)19-27(36)26(17-22-9-5-4-6-10-22)34-30(37)42-28-20-41-29-25(28)13-16-40-29/h4-7,9-12,18,25-29,33,36H,8,13-17,19-21,32H2,1-3H3,(H,34,37)/t25?,26-,27?,28?,29?/m0/s1. The molecule has 2 saturated heterocycles. The number of aliphatic hydroxyl groups is 1. The lowest BCUT2D eigenvalue weighted by Gasteiger charge is -2.35. The first-order chi connectivity index (χ1) is 20.5. The second kappa shape index (κ2) is 14.8. The van der Waals surface area contributed by atoms with E-state index in [1.54, 1.807) is 31.3 Å². The number of benzene rings is 2. The number of aliphatic hydroxyl groups excluding tert-OH is 1. The molecule has 0 radical (unpaired) electrons. The Balaban J connectivity index is 1.57. The van der Waals surface area contributed by atoms with E-state index < -0.39 is 39.8 Å². The van der Waals surface area contributed by atoms with Crippen molar-refractivity contribution in [2.45, 2.75) is 69.0 Å². The summed E-state index contributed by atoms with van der Waals surface area (Å²) >= 11 is 0. The third kappa shape index (κ3) is 8.90. The van der Waals surface area contributed by atoms with Gasteiger partial charge in [-0.15, -0.1) is 0 Å². The highest BCUT2D eigenvalue weighted by molar-refractivity contribution is 7.89. The van der Waals surface area contributed by atoms with Gasteiger partial charge in [-0.05, 0) is 61.4 Å². The molecule has 2 heterocycles. The average Bonchev–Trinajstić information content (AvgIpc) is 3.61. The molecule has 238 valence electrons. The molecule has 0 saturated carbocycles. The summed E-state index contributed by atoms with van der Waals surface area (Å²) in [5.41, 5.74) is 6.86. The monoisotopic (exact) mass is 618 g/mol. The van der Waals surface area contributed by atoms with Gasteiger partial charge in [-0.25, -0.2) is 13.2 Å². The molecule has 5 N–H and O–H groups in total. The number of anilines is 1. The predicted molar refractivity (Wildman–Crippen MR) is 164 cm³/mol. The number of nitrogens with one attached hydrogen (secondary N) is 2. The molecule has 5 atom stereocenters. The minimum absolute atomic E-state index is 0.0343. The molecule has 43 heavy (non-hydrogen) atoms. The molecule has 2 aromatic rings. The maximum absolute atomic E-state index is 14.1. The van der Waals surface area contributed by atoms with E-state index in [9.17, 15) is 18.3 Å². The van der Waals surface area contributed by atoms with Gasteiger partial charge in [0.2, 0.25) is 10.0 Å². The molecule has 4 unspecified atom stereocenters. The summed E-state index contributed by atoms with van der Waals surface area (Å²) in [6, 6.07) is 15.2. The van der Waals surface area contributed by atoms with Crippen molar-refractivity contribution in [3.63, 3.8) is 0 Å². The third-order valence-corrected chi connectivity index (χ3v) is 9.93. The van der Waals surface area contributed by atoms with Crippen molar-refractivity contribution in [2.24, 2.45) is 17.1 Å². The molecule has 0 aliphatic carbocycles. The summed E-state index contributed by atoms with van der Waals surface area (Å²) in [4.78, 5) is 13.2. The number of ether oxygens (including phenoxy) is 3. The lowest BCUT2D eigenvalue weighted by Crippen LogP contribution is -2.52. The number of rotatable bonds is 15. The van der Waals surface area contributed by atoms with E-state index in [-0.39, 0.29) is 43.2 Å². The van der Waals surface area contributed by atoms with Crippen LogP contribution in [0.4, 0.5) is 10.5 Å². The Morgan fingerprint density at radius 1 is 1.19 bits per heavy atom. The number of hydrogen-bond donors (Lipinski definition) is 4. The molecule has 0 spiro atoms. The van der Waals surface area contributed by atoms with Crippen LogP contribution in [0.15, 0.2) is 59.5 Å². The first-order valence-electron chi connectivity index (χ1n) is 14.9. The van der Waals surface area contributed by atoms with E-state index in [0.29, 0.717) is 25.3 Å². The van der Waals surface area contributed by atoms with Crippen LogP contribution in [0.2, 0.25) is 0 Å². The number of nitrogens with two attached hydrogens (primary N) is 1. The second-order valence-corrected chi connectivity index (χ2v) is 14.0. The third-order valence-electron chi connectivity index (χ3n) is 8.12. The van der Waals surface area contributed by atoms with Crippen molar-refractivity contribution in [3.05, 3.63) is 60.2 Å². The van der Waals surface area contributed by atoms with Gasteiger partial charge in [-0.3, -0.25) is 0 Å². The van der Waals surface area contributed by atoms with Crippen LogP contribution in [0, 0.1) is 11.3 Å². The first kappa shape index (κ1) is 33.2. The van der Waals surface area contributed by atoms with Gasteiger partial charge < -0.3 is 35.7 Å². The molecular weight excluding hydrogens is 572 g/mol. The zero-order chi connectivity index (χ0) is 31.0. The van der Waals surface area contributed by atoms with Crippen LogP contribution < -0.4 is 16.4 Å². The molecule has 2 fully saturated rings. The van der Waals surface area contributed by atoms with E-state index >= 15 is 0 Å². The molecule has 0 aromatic heterocycles. The fourth-order valence-electron chi connectivity index (χ4n) is 5.70. The largest absolute Gasteiger partial charge is 0.443 e. The zero-order valence-corrected chi connectivity index (χ0v) is 26.1. The molecule has 12 heteroatoms. The number of carbonyl (C=O) groups is 1. The lowest BCUT2D eigenvalue weighted by molar-refractivity contribution is -0.0907. The summed E-state index contributed by atoms with van der Waals surface area (Å²) in [5, 5.41) is 17.4.